The van der Waals surface area contributed by atoms with Gasteiger partial charge in [0.2, 0.25) is 0 Å². The molecule has 0 unspecified atom stereocenters. The van der Waals surface area contributed by atoms with Gasteiger partial charge >= 0.3 is 6.18 Å². The molecule has 280 valence electrons. The highest BCUT2D eigenvalue weighted by Gasteiger charge is 2.32. The first-order valence-corrected chi connectivity index (χ1v) is 18.4. The Labute approximate surface area is 298 Å². The molecule has 1 aliphatic rings. The van der Waals surface area contributed by atoms with Gasteiger partial charge in [-0.2, -0.15) is 13.2 Å². The van der Waals surface area contributed by atoms with E-state index in [4.69, 9.17) is 14.2 Å². The van der Waals surface area contributed by atoms with E-state index < -0.39 is 33.7 Å². The van der Waals surface area contributed by atoms with Crippen LogP contribution in [0.2, 0.25) is 0 Å². The Bertz CT molecular complexity index is 1690. The highest BCUT2D eigenvalue weighted by molar-refractivity contribution is 7.92. The second-order valence-corrected chi connectivity index (χ2v) is 14.9. The molecule has 0 aromatic heterocycles. The van der Waals surface area contributed by atoms with Crippen molar-refractivity contribution in [3.8, 4) is 11.5 Å². The van der Waals surface area contributed by atoms with Crippen LogP contribution < -0.4 is 14.2 Å². The van der Waals surface area contributed by atoms with Crippen LogP contribution in [0.3, 0.4) is 0 Å². The van der Waals surface area contributed by atoms with Crippen LogP contribution in [0.15, 0.2) is 71.6 Å². The number of anilines is 1. The average molecular weight is 736 g/mol. The molecule has 0 radical (unpaired) electrons. The molecule has 51 heavy (non-hydrogen) atoms. The van der Waals surface area contributed by atoms with Crippen LogP contribution >= 0.6 is 0 Å². The van der Waals surface area contributed by atoms with Gasteiger partial charge in [0, 0.05) is 37.8 Å². The maximum Gasteiger partial charge on any atom is 0.416 e. The van der Waals surface area contributed by atoms with Crippen LogP contribution in [0.5, 0.6) is 11.5 Å². The Balaban J connectivity index is 1.61. The molecule has 10 nitrogen and oxygen atoms in total. The van der Waals surface area contributed by atoms with Gasteiger partial charge in [-0.3, -0.25) is 14.4 Å². The number of fused-ring (bicyclic) bond motifs is 1. The van der Waals surface area contributed by atoms with Crippen molar-refractivity contribution in [3.63, 3.8) is 0 Å². The van der Waals surface area contributed by atoms with Crippen LogP contribution in [0, 0.1) is 5.92 Å². The van der Waals surface area contributed by atoms with E-state index in [2.05, 4.69) is 4.72 Å². The number of rotatable bonds is 10. The van der Waals surface area contributed by atoms with E-state index in [-0.39, 0.29) is 47.4 Å². The lowest BCUT2D eigenvalue weighted by Gasteiger charge is -2.36. The lowest BCUT2D eigenvalue weighted by molar-refractivity contribution is -0.137. The van der Waals surface area contributed by atoms with Crippen LogP contribution in [-0.2, 0) is 27.5 Å². The first-order valence-electron chi connectivity index (χ1n) is 17.0. The lowest BCUT2D eigenvalue weighted by atomic mass is 10.0. The predicted octanol–water partition coefficient (Wildman–Crippen LogP) is 6.44. The van der Waals surface area contributed by atoms with E-state index in [0.717, 1.165) is 25.0 Å². The van der Waals surface area contributed by atoms with E-state index in [1.165, 1.54) is 54.5 Å². The monoisotopic (exact) mass is 735 g/mol. The maximum absolute atomic E-state index is 14.4. The maximum atomic E-state index is 14.4. The smallest absolute Gasteiger partial charge is 0.416 e. The molecule has 4 atom stereocenters. The number of hydrogen-bond donors (Lipinski definition) is 2. The molecular weight excluding hydrogens is 687 g/mol. The standard InChI is InChI=1S/C37H48F3N3O7S/c1-25-21-43(26(2)24-44)36(45)33-20-30(41-51(46,47)32-16-14-31(48-5)15-17-32)13-18-34(33)50-27(3)8-6-7-19-49-35(25)23-42(4)22-28-9-11-29(12-10-28)37(38,39)40/h9-18,20,25-27,35,41,44H,6-8,19,21-24H2,1-5H3/t25-,26+,27-,35-/m1/s1. The summed E-state index contributed by atoms with van der Waals surface area (Å²) >= 11 is 0. The van der Waals surface area contributed by atoms with E-state index in [0.29, 0.717) is 43.2 Å². The summed E-state index contributed by atoms with van der Waals surface area (Å²) in [6.45, 7) is 6.73. The lowest BCUT2D eigenvalue weighted by Crippen LogP contribution is -2.47. The number of hydrogen-bond acceptors (Lipinski definition) is 8. The number of carbonyl (C=O) groups is 1. The Kier molecular flexibility index (Phi) is 13.8. The number of alkyl halides is 3. The normalized spacial score (nSPS) is 20.2. The summed E-state index contributed by atoms with van der Waals surface area (Å²) in [4.78, 5) is 17.9. The number of methoxy groups -OCH3 is 1. The number of amides is 1. The number of benzene rings is 3. The predicted molar refractivity (Wildman–Crippen MR) is 188 cm³/mol. The van der Waals surface area contributed by atoms with Crippen molar-refractivity contribution in [1.29, 1.82) is 0 Å². The summed E-state index contributed by atoms with van der Waals surface area (Å²) in [5.41, 5.74) is 0.306. The van der Waals surface area contributed by atoms with Crippen LogP contribution in [-0.4, -0.2) is 87.9 Å². The van der Waals surface area contributed by atoms with Crippen molar-refractivity contribution in [1.82, 2.24) is 9.80 Å². The van der Waals surface area contributed by atoms with Gasteiger partial charge in [-0.25, -0.2) is 8.42 Å². The second-order valence-electron chi connectivity index (χ2n) is 13.2. The fraction of sp³-hybridized carbons (Fsp3) is 0.486. The number of likely N-dealkylation sites (N-methyl/N-ethyl adjacent to an activating group) is 1. The molecule has 3 aromatic carbocycles. The Morgan fingerprint density at radius 3 is 2.37 bits per heavy atom. The van der Waals surface area contributed by atoms with Crippen molar-refractivity contribution in [2.75, 3.05) is 45.2 Å². The zero-order valence-corrected chi connectivity index (χ0v) is 30.5. The molecule has 3 aromatic rings. The molecule has 0 fully saturated rings. The molecule has 1 amide bonds. The minimum atomic E-state index is -4.41. The van der Waals surface area contributed by atoms with Gasteiger partial charge in [-0.05, 0) is 100 Å². The van der Waals surface area contributed by atoms with Crippen LogP contribution in [0.4, 0.5) is 18.9 Å². The van der Waals surface area contributed by atoms with Crippen LogP contribution in [0.1, 0.15) is 61.5 Å². The summed E-state index contributed by atoms with van der Waals surface area (Å²) in [5.74, 6) is 0.109. The molecule has 4 rings (SSSR count). The van der Waals surface area contributed by atoms with Gasteiger partial charge in [0.05, 0.1) is 48.0 Å². The third kappa shape index (κ3) is 11.1. The minimum Gasteiger partial charge on any atom is -0.497 e. The average Bonchev–Trinajstić information content (AvgIpc) is 3.09. The molecule has 1 aliphatic heterocycles. The van der Waals surface area contributed by atoms with Crippen molar-refractivity contribution in [2.45, 2.75) is 75.9 Å². The van der Waals surface area contributed by atoms with Crippen molar-refractivity contribution >= 4 is 21.6 Å². The third-order valence-corrected chi connectivity index (χ3v) is 10.3. The Morgan fingerprint density at radius 1 is 1.06 bits per heavy atom. The van der Waals surface area contributed by atoms with Gasteiger partial charge in [-0.1, -0.05) is 19.1 Å². The summed E-state index contributed by atoms with van der Waals surface area (Å²) in [6.07, 6.45) is -2.81. The van der Waals surface area contributed by atoms with E-state index in [1.807, 2.05) is 25.8 Å². The second kappa shape index (κ2) is 17.6. The van der Waals surface area contributed by atoms with E-state index in [9.17, 15) is 31.5 Å². The molecule has 2 N–H and O–H groups in total. The number of aliphatic hydroxyl groups is 1. The molecule has 0 spiro atoms. The molecule has 0 bridgehead atoms. The van der Waals surface area contributed by atoms with Gasteiger partial charge in [0.1, 0.15) is 11.5 Å². The largest absolute Gasteiger partial charge is 0.497 e. The fourth-order valence-electron chi connectivity index (χ4n) is 5.90. The fourth-order valence-corrected chi connectivity index (χ4v) is 6.95. The summed E-state index contributed by atoms with van der Waals surface area (Å²) in [5, 5.41) is 10.2. The number of sulfonamides is 1. The first kappa shape index (κ1) is 39.9. The minimum absolute atomic E-state index is 0.0123. The van der Waals surface area contributed by atoms with Crippen LogP contribution in [0.25, 0.3) is 0 Å². The quantitative estimate of drug-likeness (QED) is 0.245. The zero-order chi connectivity index (χ0) is 37.3. The van der Waals surface area contributed by atoms with E-state index >= 15 is 0 Å². The highest BCUT2D eigenvalue weighted by Crippen LogP contribution is 2.31. The number of nitrogens with zero attached hydrogens (tertiary/aromatic N) is 2. The van der Waals surface area contributed by atoms with Gasteiger partial charge in [-0.15, -0.1) is 0 Å². The zero-order valence-electron chi connectivity index (χ0n) is 29.7. The van der Waals surface area contributed by atoms with Crippen molar-refractivity contribution < 1.29 is 45.7 Å². The van der Waals surface area contributed by atoms with E-state index in [1.54, 1.807) is 19.1 Å². The van der Waals surface area contributed by atoms with Crippen molar-refractivity contribution in [2.24, 2.45) is 5.92 Å². The Morgan fingerprint density at radius 2 is 1.75 bits per heavy atom. The molecule has 0 saturated carbocycles. The van der Waals surface area contributed by atoms with Crippen molar-refractivity contribution in [3.05, 3.63) is 83.4 Å². The molecular formula is C37H48F3N3O7S. The number of ether oxygens (including phenoxy) is 3. The van der Waals surface area contributed by atoms with Gasteiger partial charge in [0.15, 0.2) is 0 Å². The van der Waals surface area contributed by atoms with Gasteiger partial charge < -0.3 is 24.2 Å². The molecule has 1 heterocycles. The number of carbonyl (C=O) groups excluding carboxylic acids is 1. The molecule has 0 saturated heterocycles. The molecule has 14 heteroatoms. The number of nitrogens with one attached hydrogen (secondary N) is 1. The summed E-state index contributed by atoms with van der Waals surface area (Å²) < 4.78 is 86.1. The summed E-state index contributed by atoms with van der Waals surface area (Å²) in [6, 6.07) is 14.9. The topological polar surface area (TPSA) is 118 Å². The third-order valence-electron chi connectivity index (χ3n) is 8.90. The Hall–Kier alpha value is -3.85. The SMILES string of the molecule is COc1ccc(S(=O)(=O)Nc2ccc3c(c2)C(=O)N([C@@H](C)CO)C[C@@H](C)[C@@H](CN(C)Cc2ccc(C(F)(F)F)cc2)OCCCC[C@@H](C)O3)cc1. The first-order chi connectivity index (χ1) is 24.1. The molecule has 0 aliphatic carbocycles. The van der Waals surface area contributed by atoms with Gasteiger partial charge in [0.25, 0.3) is 15.9 Å². The number of aliphatic hydroxyl groups excluding tert-OH is 1. The highest BCUT2D eigenvalue weighted by atomic mass is 32.2. The number of halogens is 3. The summed E-state index contributed by atoms with van der Waals surface area (Å²) in [7, 11) is -0.672.